The number of halogens is 4. The van der Waals surface area contributed by atoms with Gasteiger partial charge in [0, 0.05) is 20.1 Å². The molecule has 1 saturated heterocycles. The molecule has 0 aromatic heterocycles. The van der Waals surface area contributed by atoms with Crippen molar-refractivity contribution in [3.05, 3.63) is 139 Å². The van der Waals surface area contributed by atoms with Crippen LogP contribution in [0.25, 0.3) is 0 Å². The Morgan fingerprint density at radius 1 is 0.542 bits per heavy atom. The first kappa shape index (κ1) is 35.5. The first-order valence-electron chi connectivity index (χ1n) is 14.1. The quantitative estimate of drug-likeness (QED) is 0.104. The van der Waals surface area contributed by atoms with Crippen molar-refractivity contribution in [1.82, 2.24) is 0 Å². The second kappa shape index (κ2) is 16.1. The van der Waals surface area contributed by atoms with Gasteiger partial charge in [0.2, 0.25) is 0 Å². The van der Waals surface area contributed by atoms with E-state index in [0.717, 1.165) is 0 Å². The van der Waals surface area contributed by atoms with Crippen molar-refractivity contribution in [2.45, 2.75) is 29.9 Å². The van der Waals surface area contributed by atoms with Crippen molar-refractivity contribution in [1.29, 1.82) is 0 Å². The number of thiol groups is 1. The highest BCUT2D eigenvalue weighted by molar-refractivity contribution is 7.80. The molecule has 48 heavy (non-hydrogen) atoms. The van der Waals surface area contributed by atoms with Crippen LogP contribution >= 0.6 is 59.0 Å². The normalized spacial score (nSPS) is 20.3. The lowest BCUT2D eigenvalue weighted by Gasteiger charge is -2.43. The van der Waals surface area contributed by atoms with Gasteiger partial charge in [0.05, 0.1) is 22.3 Å². The van der Waals surface area contributed by atoms with Crippen molar-refractivity contribution in [2.75, 3.05) is 6.61 Å². The van der Waals surface area contributed by atoms with E-state index in [9.17, 15) is 19.2 Å². The van der Waals surface area contributed by atoms with Gasteiger partial charge in [0.15, 0.2) is 18.3 Å². The molecule has 0 spiro atoms. The Morgan fingerprint density at radius 3 is 1.29 bits per heavy atom. The fourth-order valence-electron chi connectivity index (χ4n) is 4.71. The van der Waals surface area contributed by atoms with Gasteiger partial charge in [-0.2, -0.15) is 0 Å². The summed E-state index contributed by atoms with van der Waals surface area (Å²) in [4.78, 5) is 53.2. The second-order valence-electron chi connectivity index (χ2n) is 10.3. The van der Waals surface area contributed by atoms with Crippen LogP contribution in [0.1, 0.15) is 41.4 Å². The van der Waals surface area contributed by atoms with Crippen LogP contribution in [0.5, 0.6) is 0 Å². The van der Waals surface area contributed by atoms with Crippen molar-refractivity contribution in [3.8, 4) is 0 Å². The van der Waals surface area contributed by atoms with Crippen molar-refractivity contribution >= 4 is 82.9 Å². The van der Waals surface area contributed by atoms with Crippen LogP contribution in [0, 0.1) is 0 Å². The van der Waals surface area contributed by atoms with Crippen molar-refractivity contribution in [3.63, 3.8) is 0 Å². The smallest absolute Gasteiger partial charge is 0.338 e. The largest absolute Gasteiger partial charge is 0.459 e. The molecule has 0 bridgehead atoms. The van der Waals surface area contributed by atoms with Crippen LogP contribution in [0.3, 0.4) is 0 Å². The standard InChI is InChI=1S/C34H24Cl4O9S/c35-22-9-1-5-18(13-22)30(39)43-17-26-27(45-31(40)19-6-2-10-23(36)14-19)28(46-32(41)20-7-3-11-24(37)15-20)29(34(48)44-26)47-33(42)21-8-4-12-25(38)16-21/h1-16,26-29,34,48H,17H2/t26-,27-,28+,29-,34-/m1/s1. The fourth-order valence-corrected chi connectivity index (χ4v) is 5.86. The van der Waals surface area contributed by atoms with Gasteiger partial charge >= 0.3 is 23.9 Å². The molecule has 0 saturated carbocycles. The maximum absolute atomic E-state index is 13.5. The molecular formula is C34H24Cl4O9S. The van der Waals surface area contributed by atoms with Crippen LogP contribution in [-0.4, -0.2) is 60.3 Å². The number of hydrogen-bond acceptors (Lipinski definition) is 10. The monoisotopic (exact) mass is 748 g/mol. The topological polar surface area (TPSA) is 114 Å². The molecule has 0 radical (unpaired) electrons. The molecule has 0 N–H and O–H groups in total. The van der Waals surface area contributed by atoms with E-state index in [2.05, 4.69) is 12.6 Å². The molecule has 248 valence electrons. The molecule has 9 nitrogen and oxygen atoms in total. The number of benzene rings is 4. The third kappa shape index (κ3) is 9.02. The highest BCUT2D eigenvalue weighted by atomic mass is 35.5. The summed E-state index contributed by atoms with van der Waals surface area (Å²) >= 11 is 28.8. The predicted molar refractivity (Wildman–Crippen MR) is 181 cm³/mol. The van der Waals surface area contributed by atoms with E-state index in [-0.39, 0.29) is 37.3 Å². The SMILES string of the molecule is O=C(OC[C@H]1O[C@H](S)[C@H](OC(=O)c2cccc(Cl)c2)[C@@H](OC(=O)c2cccc(Cl)c2)[C@@H]1OC(=O)c1cccc(Cl)c1)c1cccc(Cl)c1. The lowest BCUT2D eigenvalue weighted by Crippen LogP contribution is -2.61. The van der Waals surface area contributed by atoms with Gasteiger partial charge in [-0.15, -0.1) is 12.6 Å². The molecule has 0 aliphatic carbocycles. The Kier molecular flexibility index (Phi) is 11.9. The molecule has 1 fully saturated rings. The van der Waals surface area contributed by atoms with E-state index < -0.39 is 60.3 Å². The van der Waals surface area contributed by atoms with Crippen LogP contribution < -0.4 is 0 Å². The minimum absolute atomic E-state index is 0.0495. The summed E-state index contributed by atoms with van der Waals surface area (Å²) in [5.41, 5.74) is -0.953. The van der Waals surface area contributed by atoms with Crippen LogP contribution in [0.4, 0.5) is 0 Å². The lowest BCUT2D eigenvalue weighted by molar-refractivity contribution is -0.206. The van der Waals surface area contributed by atoms with Crippen molar-refractivity contribution in [2.24, 2.45) is 0 Å². The maximum atomic E-state index is 13.5. The summed E-state index contributed by atoms with van der Waals surface area (Å²) in [6, 6.07) is 23.9. The van der Waals surface area contributed by atoms with E-state index in [4.69, 9.17) is 70.1 Å². The zero-order chi connectivity index (χ0) is 34.4. The predicted octanol–water partition coefficient (Wildman–Crippen LogP) is 7.79. The highest BCUT2D eigenvalue weighted by Gasteiger charge is 2.52. The summed E-state index contributed by atoms with van der Waals surface area (Å²) in [5, 5.41) is 1.08. The molecule has 1 aliphatic heterocycles. The van der Waals surface area contributed by atoms with Crippen molar-refractivity contribution < 1.29 is 42.9 Å². The Bertz CT molecular complexity index is 1840. The van der Waals surface area contributed by atoms with E-state index in [0.29, 0.717) is 5.02 Å². The van der Waals surface area contributed by atoms with Gasteiger partial charge in [-0.3, -0.25) is 0 Å². The summed E-state index contributed by atoms with van der Waals surface area (Å²) in [6.07, 6.45) is -5.81. The number of hydrogen-bond donors (Lipinski definition) is 1. The number of carbonyl (C=O) groups is 4. The zero-order valence-electron chi connectivity index (χ0n) is 24.5. The average Bonchev–Trinajstić information content (AvgIpc) is 3.06. The van der Waals surface area contributed by atoms with E-state index in [1.54, 1.807) is 36.4 Å². The van der Waals surface area contributed by atoms with Crippen LogP contribution in [0.15, 0.2) is 97.1 Å². The average molecular weight is 750 g/mol. The Morgan fingerprint density at radius 2 is 0.896 bits per heavy atom. The zero-order valence-corrected chi connectivity index (χ0v) is 28.4. The van der Waals surface area contributed by atoms with Gasteiger partial charge in [-0.1, -0.05) is 70.7 Å². The first-order valence-corrected chi connectivity index (χ1v) is 16.2. The van der Waals surface area contributed by atoms with Crippen LogP contribution in [0.2, 0.25) is 20.1 Å². The van der Waals surface area contributed by atoms with Gasteiger partial charge in [-0.05, 0) is 72.8 Å². The van der Waals surface area contributed by atoms with Gasteiger partial charge in [-0.25, -0.2) is 19.2 Å². The third-order valence-electron chi connectivity index (χ3n) is 6.96. The molecule has 14 heteroatoms. The van der Waals surface area contributed by atoms with Gasteiger partial charge in [0.25, 0.3) is 0 Å². The summed E-state index contributed by atoms with van der Waals surface area (Å²) in [6.45, 7) is -0.504. The fraction of sp³-hybridized carbons (Fsp3) is 0.176. The molecular weight excluding hydrogens is 726 g/mol. The highest BCUT2D eigenvalue weighted by Crippen LogP contribution is 2.33. The van der Waals surface area contributed by atoms with Gasteiger partial charge in [0.1, 0.15) is 18.1 Å². The Balaban J connectivity index is 1.51. The molecule has 0 unspecified atom stereocenters. The molecule has 4 aromatic rings. The summed E-state index contributed by atoms with van der Waals surface area (Å²) in [5.74, 6) is -3.41. The molecule has 0 amide bonds. The van der Waals surface area contributed by atoms with Crippen LogP contribution in [-0.2, 0) is 23.7 Å². The molecule has 5 atom stereocenters. The minimum Gasteiger partial charge on any atom is -0.459 e. The van der Waals surface area contributed by atoms with Gasteiger partial charge < -0.3 is 23.7 Å². The van der Waals surface area contributed by atoms with E-state index in [1.807, 2.05) is 0 Å². The number of ether oxygens (including phenoxy) is 5. The van der Waals surface area contributed by atoms with E-state index in [1.165, 1.54) is 60.7 Å². The second-order valence-corrected chi connectivity index (χ2v) is 12.6. The molecule has 1 aliphatic rings. The summed E-state index contributed by atoms with van der Waals surface area (Å²) in [7, 11) is 0. The number of carbonyl (C=O) groups excluding carboxylic acids is 4. The molecule has 4 aromatic carbocycles. The third-order valence-corrected chi connectivity index (χ3v) is 8.31. The first-order chi connectivity index (χ1) is 23.0. The Labute approximate surface area is 300 Å². The maximum Gasteiger partial charge on any atom is 0.338 e. The minimum atomic E-state index is -1.55. The summed E-state index contributed by atoms with van der Waals surface area (Å²) < 4.78 is 29.1. The molecule has 5 rings (SSSR count). The number of esters is 4. The Hall–Kier alpha value is -3.77. The van der Waals surface area contributed by atoms with E-state index >= 15 is 0 Å². The molecule has 1 heterocycles. The number of rotatable bonds is 9. The lowest BCUT2D eigenvalue weighted by atomic mass is 9.98.